The van der Waals surface area contributed by atoms with Crippen LogP contribution < -0.4 is 16.0 Å². The van der Waals surface area contributed by atoms with Crippen molar-refractivity contribution in [2.75, 3.05) is 17.2 Å². The number of hydrogen-bond acceptors (Lipinski definition) is 3. The molecule has 0 saturated heterocycles. The maximum atomic E-state index is 12.5. The van der Waals surface area contributed by atoms with E-state index in [9.17, 15) is 22.8 Å². The lowest BCUT2D eigenvalue weighted by Gasteiger charge is -2.10. The van der Waals surface area contributed by atoms with Crippen molar-refractivity contribution in [2.24, 2.45) is 5.92 Å². The van der Waals surface area contributed by atoms with E-state index in [1.54, 1.807) is 32.2 Å². The quantitative estimate of drug-likeness (QED) is 0.691. The molecule has 9 heteroatoms. The van der Waals surface area contributed by atoms with Crippen molar-refractivity contribution in [2.45, 2.75) is 26.4 Å². The van der Waals surface area contributed by atoms with Gasteiger partial charge in [-0.25, -0.2) is 9.78 Å². The van der Waals surface area contributed by atoms with Crippen molar-refractivity contribution < 1.29 is 22.8 Å². The predicted molar refractivity (Wildman–Crippen MR) is 99.9 cm³/mol. The Morgan fingerprint density at radius 2 is 1.75 bits per heavy atom. The summed E-state index contributed by atoms with van der Waals surface area (Å²) in [6, 6.07) is 7.14. The molecule has 1 aromatic carbocycles. The van der Waals surface area contributed by atoms with Crippen molar-refractivity contribution in [1.29, 1.82) is 0 Å². The average molecular weight is 394 g/mol. The summed E-state index contributed by atoms with van der Waals surface area (Å²) in [6.07, 6.45) is -2.36. The maximum absolute atomic E-state index is 12.5. The van der Waals surface area contributed by atoms with Crippen LogP contribution in [0.15, 0.2) is 42.6 Å². The second-order valence-electron chi connectivity index (χ2n) is 6.40. The summed E-state index contributed by atoms with van der Waals surface area (Å²) in [5.74, 6) is 0.130. The van der Waals surface area contributed by atoms with E-state index in [4.69, 9.17) is 0 Å². The zero-order valence-corrected chi connectivity index (χ0v) is 15.4. The van der Waals surface area contributed by atoms with Gasteiger partial charge in [-0.1, -0.05) is 13.8 Å². The van der Waals surface area contributed by atoms with Gasteiger partial charge in [0.2, 0.25) is 5.91 Å². The van der Waals surface area contributed by atoms with Gasteiger partial charge in [-0.05, 0) is 48.4 Å². The van der Waals surface area contributed by atoms with Crippen molar-refractivity contribution in [1.82, 2.24) is 10.3 Å². The van der Waals surface area contributed by atoms with Gasteiger partial charge in [0.15, 0.2) is 0 Å². The van der Waals surface area contributed by atoms with E-state index in [0.717, 1.165) is 17.7 Å². The van der Waals surface area contributed by atoms with E-state index < -0.39 is 17.8 Å². The highest BCUT2D eigenvalue weighted by atomic mass is 19.4. The molecule has 28 heavy (non-hydrogen) atoms. The van der Waals surface area contributed by atoms with Gasteiger partial charge in [0, 0.05) is 24.3 Å². The molecule has 0 fully saturated rings. The maximum Gasteiger partial charge on any atom is 0.416 e. The number of anilines is 2. The summed E-state index contributed by atoms with van der Waals surface area (Å²) in [4.78, 5) is 27.6. The molecule has 0 aliphatic carbocycles. The van der Waals surface area contributed by atoms with Crippen molar-refractivity contribution in [3.8, 4) is 0 Å². The van der Waals surface area contributed by atoms with E-state index in [1.807, 2.05) is 0 Å². The molecule has 0 aliphatic heterocycles. The number of alkyl halides is 3. The molecule has 3 N–H and O–H groups in total. The summed E-state index contributed by atoms with van der Waals surface area (Å²) in [6.45, 7) is 3.85. The molecular weight excluding hydrogens is 373 g/mol. The van der Waals surface area contributed by atoms with Crippen LogP contribution in [0.2, 0.25) is 0 Å². The van der Waals surface area contributed by atoms with Crippen LogP contribution in [0.4, 0.5) is 29.5 Å². The fraction of sp³-hybridized carbons (Fsp3) is 0.316. The lowest BCUT2D eigenvalue weighted by Crippen LogP contribution is -2.30. The molecule has 150 valence electrons. The van der Waals surface area contributed by atoms with Gasteiger partial charge in [0.05, 0.1) is 5.56 Å². The van der Waals surface area contributed by atoms with Crippen LogP contribution in [-0.4, -0.2) is 23.5 Å². The number of carbonyl (C=O) groups excluding carboxylic acids is 2. The second kappa shape index (κ2) is 9.20. The molecule has 1 aromatic heterocycles. The van der Waals surface area contributed by atoms with Crippen LogP contribution in [0.5, 0.6) is 0 Å². The number of nitrogens with zero attached hydrogens (tertiary/aromatic N) is 1. The Morgan fingerprint density at radius 1 is 1.07 bits per heavy atom. The minimum Gasteiger partial charge on any atom is -0.338 e. The zero-order valence-electron chi connectivity index (χ0n) is 15.4. The lowest BCUT2D eigenvalue weighted by atomic mass is 10.2. The smallest absolute Gasteiger partial charge is 0.338 e. The van der Waals surface area contributed by atoms with Gasteiger partial charge in [-0.2, -0.15) is 13.2 Å². The third-order valence-corrected chi connectivity index (χ3v) is 3.77. The number of nitrogens with one attached hydrogen (secondary N) is 3. The summed E-state index contributed by atoms with van der Waals surface area (Å²) in [5.41, 5.74) is 0.341. The normalized spacial score (nSPS) is 11.2. The van der Waals surface area contributed by atoms with Gasteiger partial charge in [0.1, 0.15) is 5.82 Å². The molecule has 6 nitrogen and oxygen atoms in total. The molecule has 2 aromatic rings. The lowest BCUT2D eigenvalue weighted by molar-refractivity contribution is -0.137. The second-order valence-corrected chi connectivity index (χ2v) is 6.40. The van der Waals surface area contributed by atoms with E-state index in [2.05, 4.69) is 20.9 Å². The number of hydrogen-bond donors (Lipinski definition) is 3. The third kappa shape index (κ3) is 6.57. The van der Waals surface area contributed by atoms with Gasteiger partial charge in [-0.15, -0.1) is 0 Å². The molecule has 0 atom stereocenters. The van der Waals surface area contributed by atoms with Gasteiger partial charge in [-0.3, -0.25) is 4.79 Å². The molecule has 0 unspecified atom stereocenters. The molecule has 0 spiro atoms. The zero-order chi connectivity index (χ0) is 20.7. The Labute approximate surface area is 160 Å². The average Bonchev–Trinajstić information content (AvgIpc) is 2.61. The predicted octanol–water partition coefficient (Wildman–Crippen LogP) is 4.06. The van der Waals surface area contributed by atoms with E-state index in [-0.39, 0.29) is 17.5 Å². The number of carbonyl (C=O) groups is 2. The summed E-state index contributed by atoms with van der Waals surface area (Å²) < 4.78 is 37.6. The molecule has 0 radical (unpaired) electrons. The Balaban J connectivity index is 1.81. The monoisotopic (exact) mass is 394 g/mol. The first-order valence-electron chi connectivity index (χ1n) is 8.63. The van der Waals surface area contributed by atoms with Crippen LogP contribution >= 0.6 is 0 Å². The Kier molecular flexibility index (Phi) is 6.97. The van der Waals surface area contributed by atoms with Crippen molar-refractivity contribution in [3.05, 3.63) is 53.7 Å². The standard InChI is InChI=1S/C19H21F3N4O2/c1-12(2)17(27)26-16-11-13(7-9-23-16)8-10-24-18(28)25-15-5-3-14(4-6-15)19(20,21)22/h3-7,9,11-12H,8,10H2,1-2H3,(H,23,26,27)(H2,24,25,28). The number of amides is 3. The first-order valence-corrected chi connectivity index (χ1v) is 8.63. The minimum atomic E-state index is -4.42. The van der Waals surface area contributed by atoms with Gasteiger partial charge >= 0.3 is 12.2 Å². The minimum absolute atomic E-state index is 0.140. The van der Waals surface area contributed by atoms with E-state index in [1.165, 1.54) is 12.1 Å². The summed E-state index contributed by atoms with van der Waals surface area (Å²) in [5, 5.41) is 7.79. The number of pyridine rings is 1. The Hall–Kier alpha value is -3.10. The fourth-order valence-electron chi connectivity index (χ4n) is 2.21. The molecule has 3 amide bonds. The highest BCUT2D eigenvalue weighted by Gasteiger charge is 2.29. The Morgan fingerprint density at radius 3 is 2.36 bits per heavy atom. The first-order chi connectivity index (χ1) is 13.1. The van der Waals surface area contributed by atoms with Crippen LogP contribution in [-0.2, 0) is 17.4 Å². The topological polar surface area (TPSA) is 83.1 Å². The largest absolute Gasteiger partial charge is 0.416 e. The SMILES string of the molecule is CC(C)C(=O)Nc1cc(CCNC(=O)Nc2ccc(C(F)(F)F)cc2)ccn1. The summed E-state index contributed by atoms with van der Waals surface area (Å²) >= 11 is 0. The van der Waals surface area contributed by atoms with E-state index >= 15 is 0 Å². The highest BCUT2D eigenvalue weighted by Crippen LogP contribution is 2.29. The number of rotatable bonds is 6. The molecule has 0 aliphatic rings. The molecule has 2 rings (SSSR count). The Bertz CT molecular complexity index is 821. The first kappa shape index (κ1) is 21.2. The number of urea groups is 1. The van der Waals surface area contributed by atoms with Gasteiger partial charge < -0.3 is 16.0 Å². The summed E-state index contributed by atoms with van der Waals surface area (Å²) in [7, 11) is 0. The van der Waals surface area contributed by atoms with Crippen LogP contribution in [0.3, 0.4) is 0 Å². The number of halogens is 3. The van der Waals surface area contributed by atoms with Crippen molar-refractivity contribution in [3.63, 3.8) is 0 Å². The fourth-order valence-corrected chi connectivity index (χ4v) is 2.21. The van der Waals surface area contributed by atoms with Crippen LogP contribution in [0.25, 0.3) is 0 Å². The third-order valence-electron chi connectivity index (χ3n) is 3.77. The van der Waals surface area contributed by atoms with Crippen LogP contribution in [0.1, 0.15) is 25.0 Å². The molecular formula is C19H21F3N4O2. The highest BCUT2D eigenvalue weighted by molar-refractivity contribution is 5.91. The van der Waals surface area contributed by atoms with Crippen molar-refractivity contribution >= 4 is 23.4 Å². The van der Waals surface area contributed by atoms with Gasteiger partial charge in [0.25, 0.3) is 0 Å². The molecule has 1 heterocycles. The number of benzene rings is 1. The van der Waals surface area contributed by atoms with Crippen LogP contribution in [0, 0.1) is 5.92 Å². The molecule has 0 saturated carbocycles. The molecule has 0 bridgehead atoms. The van der Waals surface area contributed by atoms with E-state index in [0.29, 0.717) is 18.8 Å². The number of aromatic nitrogens is 1.